The Morgan fingerprint density at radius 1 is 1.32 bits per heavy atom. The van der Waals surface area contributed by atoms with Gasteiger partial charge in [-0.1, -0.05) is 0 Å². The second kappa shape index (κ2) is 5.94. The first-order valence-corrected chi connectivity index (χ1v) is 5.80. The SMILES string of the molecule is CCOC(=O)Cn1nnc(-c2ccc(OC)cc2)n1. The summed E-state index contributed by atoms with van der Waals surface area (Å²) in [4.78, 5) is 12.5. The van der Waals surface area contributed by atoms with Crippen LogP contribution in [0.4, 0.5) is 0 Å². The normalized spacial score (nSPS) is 10.2. The fraction of sp³-hybridized carbons (Fsp3) is 0.333. The van der Waals surface area contributed by atoms with E-state index < -0.39 is 0 Å². The number of tetrazole rings is 1. The molecule has 2 rings (SSSR count). The first-order valence-electron chi connectivity index (χ1n) is 5.80. The quantitative estimate of drug-likeness (QED) is 0.745. The van der Waals surface area contributed by atoms with E-state index in [-0.39, 0.29) is 12.5 Å². The zero-order chi connectivity index (χ0) is 13.7. The summed E-state index contributed by atoms with van der Waals surface area (Å²) in [7, 11) is 1.60. The summed E-state index contributed by atoms with van der Waals surface area (Å²) in [6, 6.07) is 7.26. The predicted octanol–water partition coefficient (Wildman–Crippen LogP) is 0.912. The van der Waals surface area contributed by atoms with Crippen molar-refractivity contribution in [1.82, 2.24) is 20.2 Å². The van der Waals surface area contributed by atoms with Crippen LogP contribution in [0.5, 0.6) is 5.75 Å². The first-order chi connectivity index (χ1) is 9.22. The second-order valence-electron chi connectivity index (χ2n) is 3.68. The number of esters is 1. The molecular weight excluding hydrogens is 248 g/mol. The van der Waals surface area contributed by atoms with Gasteiger partial charge in [0, 0.05) is 5.56 Å². The highest BCUT2D eigenvalue weighted by Crippen LogP contribution is 2.18. The molecule has 0 aliphatic carbocycles. The summed E-state index contributed by atoms with van der Waals surface area (Å²) in [5, 5.41) is 11.8. The van der Waals surface area contributed by atoms with Gasteiger partial charge in [-0.3, -0.25) is 0 Å². The minimum atomic E-state index is -0.388. The van der Waals surface area contributed by atoms with Crippen LogP contribution in [0.25, 0.3) is 11.4 Å². The summed E-state index contributed by atoms with van der Waals surface area (Å²) in [6.45, 7) is 2.03. The predicted molar refractivity (Wildman–Crippen MR) is 66.4 cm³/mol. The molecule has 0 fully saturated rings. The van der Waals surface area contributed by atoms with Crippen LogP contribution in [-0.4, -0.2) is 39.9 Å². The first kappa shape index (κ1) is 13.0. The Morgan fingerprint density at radius 2 is 2.05 bits per heavy atom. The van der Waals surface area contributed by atoms with Gasteiger partial charge in [-0.15, -0.1) is 10.2 Å². The van der Waals surface area contributed by atoms with Crippen molar-refractivity contribution < 1.29 is 14.3 Å². The molecule has 1 aromatic heterocycles. The van der Waals surface area contributed by atoms with Gasteiger partial charge in [-0.2, -0.15) is 4.80 Å². The summed E-state index contributed by atoms with van der Waals surface area (Å²) in [6.07, 6.45) is 0. The van der Waals surface area contributed by atoms with E-state index in [0.29, 0.717) is 12.4 Å². The highest BCUT2D eigenvalue weighted by Gasteiger charge is 2.09. The van der Waals surface area contributed by atoms with E-state index >= 15 is 0 Å². The molecular formula is C12H14N4O3. The highest BCUT2D eigenvalue weighted by molar-refractivity contribution is 5.68. The molecule has 19 heavy (non-hydrogen) atoms. The molecule has 0 N–H and O–H groups in total. The van der Waals surface area contributed by atoms with Crippen molar-refractivity contribution in [2.24, 2.45) is 0 Å². The third kappa shape index (κ3) is 3.27. The van der Waals surface area contributed by atoms with Gasteiger partial charge in [0.25, 0.3) is 0 Å². The molecule has 0 aliphatic rings. The average molecular weight is 262 g/mol. The lowest BCUT2D eigenvalue weighted by Gasteiger charge is -2.00. The van der Waals surface area contributed by atoms with Crippen LogP contribution in [0.2, 0.25) is 0 Å². The van der Waals surface area contributed by atoms with E-state index in [4.69, 9.17) is 9.47 Å². The number of carbonyl (C=O) groups is 1. The fourth-order valence-electron chi connectivity index (χ4n) is 1.49. The number of rotatable bonds is 5. The maximum absolute atomic E-state index is 11.3. The van der Waals surface area contributed by atoms with Gasteiger partial charge in [0.15, 0.2) is 6.54 Å². The van der Waals surface area contributed by atoms with Crippen LogP contribution in [0.3, 0.4) is 0 Å². The Morgan fingerprint density at radius 3 is 2.68 bits per heavy atom. The Hall–Kier alpha value is -2.44. The van der Waals surface area contributed by atoms with Gasteiger partial charge in [0.05, 0.1) is 13.7 Å². The largest absolute Gasteiger partial charge is 0.497 e. The van der Waals surface area contributed by atoms with Crippen molar-refractivity contribution in [2.75, 3.05) is 13.7 Å². The molecule has 0 radical (unpaired) electrons. The molecule has 100 valence electrons. The van der Waals surface area contributed by atoms with E-state index in [9.17, 15) is 4.79 Å². The van der Waals surface area contributed by atoms with Crippen LogP contribution in [0.15, 0.2) is 24.3 Å². The number of hydrogen-bond donors (Lipinski definition) is 0. The molecule has 0 amide bonds. The van der Waals surface area contributed by atoms with Gasteiger partial charge < -0.3 is 9.47 Å². The summed E-state index contributed by atoms with van der Waals surface area (Å²) >= 11 is 0. The van der Waals surface area contributed by atoms with Crippen molar-refractivity contribution in [3.8, 4) is 17.1 Å². The zero-order valence-corrected chi connectivity index (χ0v) is 10.7. The molecule has 0 atom stereocenters. The Kier molecular flexibility index (Phi) is 4.07. The summed E-state index contributed by atoms with van der Waals surface area (Å²) in [5.41, 5.74) is 0.802. The van der Waals surface area contributed by atoms with Crippen LogP contribution >= 0.6 is 0 Å². The number of nitrogens with zero attached hydrogens (tertiary/aromatic N) is 4. The minimum Gasteiger partial charge on any atom is -0.497 e. The van der Waals surface area contributed by atoms with E-state index in [2.05, 4.69) is 15.4 Å². The van der Waals surface area contributed by atoms with Crippen molar-refractivity contribution in [3.63, 3.8) is 0 Å². The fourth-order valence-corrected chi connectivity index (χ4v) is 1.49. The monoisotopic (exact) mass is 262 g/mol. The molecule has 0 saturated carbocycles. The van der Waals surface area contributed by atoms with Crippen LogP contribution < -0.4 is 4.74 Å². The van der Waals surface area contributed by atoms with Crippen LogP contribution in [0.1, 0.15) is 6.92 Å². The topological polar surface area (TPSA) is 79.1 Å². The molecule has 0 aliphatic heterocycles. The molecule has 0 bridgehead atoms. The van der Waals surface area contributed by atoms with Crippen molar-refractivity contribution in [3.05, 3.63) is 24.3 Å². The van der Waals surface area contributed by atoms with Crippen molar-refractivity contribution in [1.29, 1.82) is 0 Å². The summed E-state index contributed by atoms with van der Waals surface area (Å²) < 4.78 is 9.87. The number of benzene rings is 1. The lowest BCUT2D eigenvalue weighted by Crippen LogP contribution is -2.15. The van der Waals surface area contributed by atoms with Crippen molar-refractivity contribution >= 4 is 5.97 Å². The smallest absolute Gasteiger partial charge is 0.329 e. The lowest BCUT2D eigenvalue weighted by atomic mass is 10.2. The van der Waals surface area contributed by atoms with Crippen LogP contribution in [-0.2, 0) is 16.1 Å². The van der Waals surface area contributed by atoms with Gasteiger partial charge in [-0.05, 0) is 36.4 Å². The van der Waals surface area contributed by atoms with Crippen molar-refractivity contribution in [2.45, 2.75) is 13.5 Å². The minimum absolute atomic E-state index is 0.0446. The molecule has 2 aromatic rings. The highest BCUT2D eigenvalue weighted by atomic mass is 16.5. The molecule has 0 unspecified atom stereocenters. The maximum atomic E-state index is 11.3. The van der Waals surface area contributed by atoms with E-state index in [0.717, 1.165) is 11.3 Å². The van der Waals surface area contributed by atoms with E-state index in [1.165, 1.54) is 4.80 Å². The molecule has 1 heterocycles. The number of hydrogen-bond acceptors (Lipinski definition) is 6. The second-order valence-corrected chi connectivity index (χ2v) is 3.68. The molecule has 0 saturated heterocycles. The van der Waals surface area contributed by atoms with Gasteiger partial charge in [0.2, 0.25) is 5.82 Å². The maximum Gasteiger partial charge on any atom is 0.329 e. The molecule has 1 aromatic carbocycles. The molecule has 0 spiro atoms. The molecule has 7 nitrogen and oxygen atoms in total. The van der Waals surface area contributed by atoms with Gasteiger partial charge in [0.1, 0.15) is 5.75 Å². The number of aromatic nitrogens is 4. The van der Waals surface area contributed by atoms with Gasteiger partial charge >= 0.3 is 5.97 Å². The summed E-state index contributed by atoms with van der Waals surface area (Å²) in [5.74, 6) is 0.816. The zero-order valence-electron chi connectivity index (χ0n) is 10.7. The lowest BCUT2D eigenvalue weighted by molar-refractivity contribution is -0.144. The van der Waals surface area contributed by atoms with Gasteiger partial charge in [-0.25, -0.2) is 4.79 Å². The average Bonchev–Trinajstić information content (AvgIpc) is 2.87. The molecule has 7 heteroatoms. The number of ether oxygens (including phenoxy) is 2. The standard InChI is InChI=1S/C12H14N4O3/c1-3-19-11(17)8-16-14-12(13-15-16)9-4-6-10(18-2)7-5-9/h4-7H,3,8H2,1-2H3. The Balaban J connectivity index is 2.09. The van der Waals surface area contributed by atoms with E-state index in [1.807, 2.05) is 12.1 Å². The Labute approximate surface area is 110 Å². The number of carbonyl (C=O) groups excluding carboxylic acids is 1. The third-order valence-corrected chi connectivity index (χ3v) is 2.38. The third-order valence-electron chi connectivity index (χ3n) is 2.38. The number of methoxy groups -OCH3 is 1. The van der Waals surface area contributed by atoms with Crippen LogP contribution in [0, 0.1) is 0 Å². The Bertz CT molecular complexity index is 550. The van der Waals surface area contributed by atoms with E-state index in [1.54, 1.807) is 26.2 Å².